The van der Waals surface area contributed by atoms with Gasteiger partial charge in [-0.25, -0.2) is 0 Å². The van der Waals surface area contributed by atoms with Crippen LogP contribution in [0.4, 0.5) is 0 Å². The standard InChI is InChI=1S/C16H26N2O/c1-5-11-17(12-6-2)14-9-10-15-18(13-7-3)16(19)8-4/h5,7-10H,1,3-4,6,11-15H2,2H3/b10-9+. The third-order valence-corrected chi connectivity index (χ3v) is 2.62. The fraction of sp³-hybridized carbons (Fsp3) is 0.438. The van der Waals surface area contributed by atoms with Crippen LogP contribution in [0.15, 0.2) is 50.1 Å². The lowest BCUT2D eigenvalue weighted by Crippen LogP contribution is -2.30. The van der Waals surface area contributed by atoms with Crippen molar-refractivity contribution >= 4 is 5.91 Å². The van der Waals surface area contributed by atoms with Crippen LogP contribution in [0.5, 0.6) is 0 Å². The molecule has 0 rings (SSSR count). The zero-order chi connectivity index (χ0) is 14.5. The molecular formula is C16H26N2O. The molecule has 0 atom stereocenters. The molecule has 0 saturated carbocycles. The highest BCUT2D eigenvalue weighted by Crippen LogP contribution is 1.95. The zero-order valence-corrected chi connectivity index (χ0v) is 12.1. The van der Waals surface area contributed by atoms with E-state index in [2.05, 4.69) is 37.6 Å². The van der Waals surface area contributed by atoms with Crippen molar-refractivity contribution in [3.63, 3.8) is 0 Å². The van der Waals surface area contributed by atoms with Gasteiger partial charge in [0.2, 0.25) is 5.91 Å². The molecular weight excluding hydrogens is 236 g/mol. The van der Waals surface area contributed by atoms with Gasteiger partial charge in [0, 0.05) is 26.2 Å². The molecule has 0 fully saturated rings. The van der Waals surface area contributed by atoms with Crippen LogP contribution in [0.3, 0.4) is 0 Å². The minimum atomic E-state index is -0.0685. The second-order valence-corrected chi connectivity index (χ2v) is 4.26. The summed E-state index contributed by atoms with van der Waals surface area (Å²) in [5.41, 5.74) is 0. The van der Waals surface area contributed by atoms with E-state index in [9.17, 15) is 4.79 Å². The van der Waals surface area contributed by atoms with E-state index in [-0.39, 0.29) is 5.91 Å². The lowest BCUT2D eigenvalue weighted by atomic mass is 10.3. The summed E-state index contributed by atoms with van der Waals surface area (Å²) in [5, 5.41) is 0. The van der Waals surface area contributed by atoms with Crippen molar-refractivity contribution < 1.29 is 4.79 Å². The number of amides is 1. The second-order valence-electron chi connectivity index (χ2n) is 4.26. The summed E-state index contributed by atoms with van der Waals surface area (Å²) in [5.74, 6) is -0.0685. The molecule has 0 aliphatic carbocycles. The van der Waals surface area contributed by atoms with E-state index >= 15 is 0 Å². The van der Waals surface area contributed by atoms with Gasteiger partial charge in [0.25, 0.3) is 0 Å². The first-order valence-electron chi connectivity index (χ1n) is 6.70. The molecule has 0 aliphatic heterocycles. The normalized spacial score (nSPS) is 10.6. The fourth-order valence-electron chi connectivity index (χ4n) is 1.72. The first-order chi connectivity index (χ1) is 9.19. The number of hydrogen-bond acceptors (Lipinski definition) is 2. The molecule has 0 bridgehead atoms. The van der Waals surface area contributed by atoms with Crippen molar-refractivity contribution in [3.05, 3.63) is 50.1 Å². The molecule has 0 aromatic heterocycles. The Morgan fingerprint density at radius 3 is 2.16 bits per heavy atom. The molecule has 0 N–H and O–H groups in total. The molecule has 0 heterocycles. The van der Waals surface area contributed by atoms with E-state index in [1.54, 1.807) is 11.0 Å². The maximum Gasteiger partial charge on any atom is 0.246 e. The molecule has 3 heteroatoms. The molecule has 0 aliphatic rings. The molecule has 0 radical (unpaired) electrons. The Morgan fingerprint density at radius 2 is 1.63 bits per heavy atom. The topological polar surface area (TPSA) is 23.6 Å². The first kappa shape index (κ1) is 17.4. The van der Waals surface area contributed by atoms with E-state index < -0.39 is 0 Å². The van der Waals surface area contributed by atoms with E-state index in [0.717, 1.165) is 26.1 Å². The molecule has 106 valence electrons. The summed E-state index contributed by atoms with van der Waals surface area (Å²) in [4.78, 5) is 15.5. The monoisotopic (exact) mass is 262 g/mol. The summed E-state index contributed by atoms with van der Waals surface area (Å²) in [6.07, 6.45) is 10.2. The zero-order valence-electron chi connectivity index (χ0n) is 12.1. The average Bonchev–Trinajstić information content (AvgIpc) is 2.41. The van der Waals surface area contributed by atoms with Gasteiger partial charge in [0.05, 0.1) is 0 Å². The van der Waals surface area contributed by atoms with E-state index in [4.69, 9.17) is 0 Å². The predicted octanol–water partition coefficient (Wildman–Crippen LogP) is 2.64. The van der Waals surface area contributed by atoms with Crippen LogP contribution >= 0.6 is 0 Å². The van der Waals surface area contributed by atoms with Gasteiger partial charge in [-0.2, -0.15) is 0 Å². The third-order valence-electron chi connectivity index (χ3n) is 2.62. The lowest BCUT2D eigenvalue weighted by Gasteiger charge is -2.19. The van der Waals surface area contributed by atoms with Gasteiger partial charge in [-0.3, -0.25) is 9.69 Å². The van der Waals surface area contributed by atoms with Crippen LogP contribution in [0, 0.1) is 0 Å². The van der Waals surface area contributed by atoms with Crippen molar-refractivity contribution in [1.29, 1.82) is 0 Å². The molecule has 0 unspecified atom stereocenters. The first-order valence-corrected chi connectivity index (χ1v) is 6.70. The van der Waals surface area contributed by atoms with E-state index in [1.807, 2.05) is 12.2 Å². The Balaban J connectivity index is 4.21. The van der Waals surface area contributed by atoms with Gasteiger partial charge in [0.1, 0.15) is 0 Å². The summed E-state index contributed by atoms with van der Waals surface area (Å²) in [6, 6.07) is 0. The van der Waals surface area contributed by atoms with Crippen molar-refractivity contribution in [2.24, 2.45) is 0 Å². The molecule has 1 amide bonds. The van der Waals surface area contributed by atoms with Crippen LogP contribution in [0.25, 0.3) is 0 Å². The maximum absolute atomic E-state index is 11.5. The van der Waals surface area contributed by atoms with Crippen LogP contribution in [0.1, 0.15) is 13.3 Å². The van der Waals surface area contributed by atoms with Gasteiger partial charge in [-0.1, -0.05) is 37.8 Å². The second kappa shape index (κ2) is 11.5. The quantitative estimate of drug-likeness (QED) is 0.422. The number of nitrogens with zero attached hydrogens (tertiary/aromatic N) is 2. The van der Waals surface area contributed by atoms with E-state index in [1.165, 1.54) is 6.08 Å². The van der Waals surface area contributed by atoms with Crippen LogP contribution < -0.4 is 0 Å². The number of rotatable bonds is 11. The molecule has 0 aromatic carbocycles. The smallest absolute Gasteiger partial charge is 0.246 e. The van der Waals surface area contributed by atoms with Crippen LogP contribution in [-0.2, 0) is 4.79 Å². The summed E-state index contributed by atoms with van der Waals surface area (Å²) in [7, 11) is 0. The maximum atomic E-state index is 11.5. The van der Waals surface area contributed by atoms with Crippen molar-refractivity contribution in [2.75, 3.05) is 32.7 Å². The molecule has 19 heavy (non-hydrogen) atoms. The van der Waals surface area contributed by atoms with Crippen molar-refractivity contribution in [3.8, 4) is 0 Å². The molecule has 0 aromatic rings. The molecule has 0 spiro atoms. The third kappa shape index (κ3) is 8.16. The average molecular weight is 262 g/mol. The van der Waals surface area contributed by atoms with Crippen molar-refractivity contribution in [2.45, 2.75) is 13.3 Å². The minimum absolute atomic E-state index is 0.0685. The highest BCUT2D eigenvalue weighted by molar-refractivity contribution is 5.87. The van der Waals surface area contributed by atoms with Gasteiger partial charge in [-0.15, -0.1) is 13.2 Å². The van der Waals surface area contributed by atoms with E-state index in [0.29, 0.717) is 13.1 Å². The number of carbonyl (C=O) groups excluding carboxylic acids is 1. The highest BCUT2D eigenvalue weighted by Gasteiger charge is 2.05. The Kier molecular flexibility index (Phi) is 10.5. The van der Waals surface area contributed by atoms with Gasteiger partial charge in [0.15, 0.2) is 0 Å². The fourth-order valence-corrected chi connectivity index (χ4v) is 1.72. The minimum Gasteiger partial charge on any atom is -0.332 e. The lowest BCUT2D eigenvalue weighted by molar-refractivity contribution is -0.125. The Hall–Kier alpha value is -1.61. The summed E-state index contributed by atoms with van der Waals surface area (Å²) < 4.78 is 0. The highest BCUT2D eigenvalue weighted by atomic mass is 16.2. The summed E-state index contributed by atoms with van der Waals surface area (Å²) in [6.45, 7) is 17.0. The Bertz CT molecular complexity index is 321. The van der Waals surface area contributed by atoms with Gasteiger partial charge in [-0.05, 0) is 19.0 Å². The molecule has 3 nitrogen and oxygen atoms in total. The van der Waals surface area contributed by atoms with Crippen LogP contribution in [-0.4, -0.2) is 48.4 Å². The summed E-state index contributed by atoms with van der Waals surface area (Å²) >= 11 is 0. The SMILES string of the molecule is C=CCN(C/C=C/CN(CC=C)C(=O)C=C)CCC. The van der Waals surface area contributed by atoms with Crippen molar-refractivity contribution in [1.82, 2.24) is 9.80 Å². The largest absolute Gasteiger partial charge is 0.332 e. The van der Waals surface area contributed by atoms with Crippen LogP contribution in [0.2, 0.25) is 0 Å². The van der Waals surface area contributed by atoms with Gasteiger partial charge >= 0.3 is 0 Å². The molecule has 0 saturated heterocycles. The Morgan fingerprint density at radius 1 is 1.00 bits per heavy atom. The number of hydrogen-bond donors (Lipinski definition) is 0. The van der Waals surface area contributed by atoms with Gasteiger partial charge < -0.3 is 4.90 Å². The predicted molar refractivity (Wildman–Crippen MR) is 83.0 cm³/mol. The number of carbonyl (C=O) groups is 1. The Labute approximate surface area is 117 Å².